The van der Waals surface area contributed by atoms with E-state index in [0.717, 1.165) is 24.8 Å². The summed E-state index contributed by atoms with van der Waals surface area (Å²) in [5.74, 6) is -0.662. The van der Waals surface area contributed by atoms with Gasteiger partial charge in [0.2, 0.25) is 0 Å². The Bertz CT molecular complexity index is 452. The molecular weight excluding hydrogens is 229 g/mol. The van der Waals surface area contributed by atoms with Crippen molar-refractivity contribution in [2.24, 2.45) is 5.73 Å². The first-order chi connectivity index (χ1) is 8.44. The number of halogens is 1. The second-order valence-corrected chi connectivity index (χ2v) is 5.48. The molecule has 0 radical (unpaired) electrons. The number of rotatable bonds is 2. The molecule has 2 N–H and O–H groups in total. The molecule has 1 fully saturated rings. The first kappa shape index (κ1) is 13.2. The SMILES string of the molecule is Cc1cc(C)c(C(=O)C2(N)CCCCC2)c(F)c1. The number of Topliss-reactive ketones (excluding diaryl/α,β-unsaturated/α-hetero) is 1. The minimum atomic E-state index is -0.862. The largest absolute Gasteiger partial charge is 0.319 e. The van der Waals surface area contributed by atoms with Gasteiger partial charge in [0.15, 0.2) is 5.78 Å². The quantitative estimate of drug-likeness (QED) is 0.817. The third-order valence-electron chi connectivity index (χ3n) is 3.86. The maximum atomic E-state index is 14.0. The van der Waals surface area contributed by atoms with E-state index in [1.165, 1.54) is 6.07 Å². The maximum Gasteiger partial charge on any atom is 0.185 e. The van der Waals surface area contributed by atoms with Gasteiger partial charge in [0.1, 0.15) is 5.82 Å². The summed E-state index contributed by atoms with van der Waals surface area (Å²) in [6, 6.07) is 3.24. The molecule has 3 heteroatoms. The average Bonchev–Trinajstić information content (AvgIpc) is 2.28. The molecule has 0 aromatic heterocycles. The van der Waals surface area contributed by atoms with Crippen molar-refractivity contribution < 1.29 is 9.18 Å². The Morgan fingerprint density at radius 3 is 2.39 bits per heavy atom. The van der Waals surface area contributed by atoms with Crippen LogP contribution in [0, 0.1) is 19.7 Å². The van der Waals surface area contributed by atoms with Gasteiger partial charge >= 0.3 is 0 Å². The summed E-state index contributed by atoms with van der Waals surface area (Å²) >= 11 is 0. The van der Waals surface area contributed by atoms with Crippen LogP contribution in [0.5, 0.6) is 0 Å². The third-order valence-corrected chi connectivity index (χ3v) is 3.86. The minimum absolute atomic E-state index is 0.185. The van der Waals surface area contributed by atoms with Crippen LogP contribution in [-0.2, 0) is 0 Å². The van der Waals surface area contributed by atoms with E-state index in [0.29, 0.717) is 18.4 Å². The Balaban J connectivity index is 2.39. The van der Waals surface area contributed by atoms with Crippen molar-refractivity contribution in [2.45, 2.75) is 51.5 Å². The van der Waals surface area contributed by atoms with Gasteiger partial charge < -0.3 is 5.73 Å². The summed E-state index contributed by atoms with van der Waals surface area (Å²) in [4.78, 5) is 12.5. The first-order valence-electron chi connectivity index (χ1n) is 6.54. The van der Waals surface area contributed by atoms with Gasteiger partial charge in [0.25, 0.3) is 0 Å². The molecule has 0 atom stereocenters. The lowest BCUT2D eigenvalue weighted by molar-refractivity contribution is 0.0843. The van der Waals surface area contributed by atoms with Gasteiger partial charge in [-0.1, -0.05) is 25.3 Å². The van der Waals surface area contributed by atoms with E-state index >= 15 is 0 Å². The fourth-order valence-electron chi connectivity index (χ4n) is 2.86. The highest BCUT2D eigenvalue weighted by molar-refractivity contribution is 6.04. The van der Waals surface area contributed by atoms with Crippen LogP contribution in [0.4, 0.5) is 4.39 Å². The van der Waals surface area contributed by atoms with E-state index in [1.54, 1.807) is 6.92 Å². The van der Waals surface area contributed by atoms with Crippen molar-refractivity contribution in [2.75, 3.05) is 0 Å². The Hall–Kier alpha value is -1.22. The highest BCUT2D eigenvalue weighted by Crippen LogP contribution is 2.31. The van der Waals surface area contributed by atoms with E-state index in [4.69, 9.17) is 5.73 Å². The minimum Gasteiger partial charge on any atom is -0.319 e. The molecule has 0 spiro atoms. The van der Waals surface area contributed by atoms with Crippen molar-refractivity contribution in [3.05, 3.63) is 34.6 Å². The Morgan fingerprint density at radius 2 is 1.83 bits per heavy atom. The molecule has 2 nitrogen and oxygen atoms in total. The zero-order valence-electron chi connectivity index (χ0n) is 11.1. The van der Waals surface area contributed by atoms with Gasteiger partial charge in [-0.05, 0) is 43.9 Å². The van der Waals surface area contributed by atoms with E-state index in [1.807, 2.05) is 13.0 Å². The van der Waals surface area contributed by atoms with Crippen molar-refractivity contribution in [3.63, 3.8) is 0 Å². The van der Waals surface area contributed by atoms with Crippen LogP contribution >= 0.6 is 0 Å². The van der Waals surface area contributed by atoms with Crippen LogP contribution in [0.1, 0.15) is 53.6 Å². The van der Waals surface area contributed by atoms with Gasteiger partial charge in [-0.25, -0.2) is 4.39 Å². The van der Waals surface area contributed by atoms with Crippen molar-refractivity contribution in [3.8, 4) is 0 Å². The first-order valence-corrected chi connectivity index (χ1v) is 6.54. The van der Waals surface area contributed by atoms with E-state index in [2.05, 4.69) is 0 Å². The molecule has 1 saturated carbocycles. The Labute approximate surface area is 107 Å². The fourth-order valence-corrected chi connectivity index (χ4v) is 2.86. The van der Waals surface area contributed by atoms with Crippen molar-refractivity contribution >= 4 is 5.78 Å². The number of nitrogens with two attached hydrogens (primary N) is 1. The highest BCUT2D eigenvalue weighted by atomic mass is 19.1. The molecule has 0 heterocycles. The molecule has 0 amide bonds. The second kappa shape index (κ2) is 4.81. The van der Waals surface area contributed by atoms with Crippen LogP contribution in [0.2, 0.25) is 0 Å². The molecule has 1 aliphatic rings. The van der Waals surface area contributed by atoms with Gasteiger partial charge in [-0.15, -0.1) is 0 Å². The lowest BCUT2D eigenvalue weighted by atomic mass is 9.76. The number of benzene rings is 1. The van der Waals surface area contributed by atoms with Crippen LogP contribution in [0.15, 0.2) is 12.1 Å². The molecule has 1 aromatic carbocycles. The molecule has 0 bridgehead atoms. The standard InChI is InChI=1S/C15H20FNO/c1-10-8-11(2)13(12(16)9-10)14(18)15(17)6-4-3-5-7-15/h8-9H,3-7,17H2,1-2H3. The maximum absolute atomic E-state index is 14.0. The summed E-state index contributed by atoms with van der Waals surface area (Å²) in [6.07, 6.45) is 4.35. The number of carbonyl (C=O) groups is 1. The van der Waals surface area contributed by atoms with Crippen LogP contribution in [0.25, 0.3) is 0 Å². The van der Waals surface area contributed by atoms with E-state index < -0.39 is 11.4 Å². The van der Waals surface area contributed by atoms with Gasteiger partial charge in [0.05, 0.1) is 11.1 Å². The number of hydrogen-bond donors (Lipinski definition) is 1. The zero-order valence-corrected chi connectivity index (χ0v) is 11.1. The molecule has 1 aromatic rings. The van der Waals surface area contributed by atoms with E-state index in [-0.39, 0.29) is 11.3 Å². The zero-order chi connectivity index (χ0) is 13.3. The second-order valence-electron chi connectivity index (χ2n) is 5.48. The Kier molecular flexibility index (Phi) is 3.53. The predicted molar refractivity (Wildman–Crippen MR) is 70.2 cm³/mol. The van der Waals surface area contributed by atoms with Gasteiger partial charge in [-0.2, -0.15) is 0 Å². The van der Waals surface area contributed by atoms with Crippen molar-refractivity contribution in [1.29, 1.82) is 0 Å². The molecule has 98 valence electrons. The van der Waals surface area contributed by atoms with Crippen LogP contribution < -0.4 is 5.73 Å². The fraction of sp³-hybridized carbons (Fsp3) is 0.533. The summed E-state index contributed by atoms with van der Waals surface area (Å²) < 4.78 is 14.0. The normalized spacial score (nSPS) is 18.7. The molecule has 1 aliphatic carbocycles. The molecular formula is C15H20FNO. The summed E-state index contributed by atoms with van der Waals surface area (Å²) in [5, 5.41) is 0. The van der Waals surface area contributed by atoms with Gasteiger partial charge in [0, 0.05) is 0 Å². The van der Waals surface area contributed by atoms with Crippen LogP contribution in [-0.4, -0.2) is 11.3 Å². The monoisotopic (exact) mass is 249 g/mol. The summed E-state index contributed by atoms with van der Waals surface area (Å²) in [6.45, 7) is 3.60. The van der Waals surface area contributed by atoms with E-state index in [9.17, 15) is 9.18 Å². The van der Waals surface area contributed by atoms with Crippen LogP contribution in [0.3, 0.4) is 0 Å². The summed E-state index contributed by atoms with van der Waals surface area (Å²) in [5.41, 5.74) is 7.04. The molecule has 18 heavy (non-hydrogen) atoms. The summed E-state index contributed by atoms with van der Waals surface area (Å²) in [7, 11) is 0. The number of hydrogen-bond acceptors (Lipinski definition) is 2. The van der Waals surface area contributed by atoms with Crippen molar-refractivity contribution in [1.82, 2.24) is 0 Å². The Morgan fingerprint density at radius 1 is 1.22 bits per heavy atom. The highest BCUT2D eigenvalue weighted by Gasteiger charge is 2.37. The molecule has 0 unspecified atom stereocenters. The average molecular weight is 249 g/mol. The topological polar surface area (TPSA) is 43.1 Å². The number of aryl methyl sites for hydroxylation is 2. The molecule has 0 saturated heterocycles. The molecule has 2 rings (SSSR count). The number of ketones is 1. The third kappa shape index (κ3) is 2.32. The van der Waals surface area contributed by atoms with Gasteiger partial charge in [-0.3, -0.25) is 4.79 Å². The predicted octanol–water partition coefficient (Wildman–Crippen LogP) is 3.29. The smallest absolute Gasteiger partial charge is 0.185 e. The molecule has 0 aliphatic heterocycles. The lowest BCUT2D eigenvalue weighted by Crippen LogP contribution is -2.49. The lowest BCUT2D eigenvalue weighted by Gasteiger charge is -2.32. The number of carbonyl (C=O) groups excluding carboxylic acids is 1.